The van der Waals surface area contributed by atoms with Crippen LogP contribution < -0.4 is 10.6 Å². The number of nitrogens with one attached hydrogen (secondary N) is 2. The van der Waals surface area contributed by atoms with Crippen LogP contribution in [0.2, 0.25) is 0 Å². The first-order chi connectivity index (χ1) is 7.36. The van der Waals surface area contributed by atoms with Crippen LogP contribution in [0.25, 0.3) is 0 Å². The fraction of sp³-hybridized carbons (Fsp3) is 0.538. The van der Waals surface area contributed by atoms with Gasteiger partial charge in [-0.2, -0.15) is 0 Å². The maximum absolute atomic E-state index is 3.58. The zero-order valence-corrected chi connectivity index (χ0v) is 9.37. The Morgan fingerprint density at radius 1 is 1.27 bits per heavy atom. The number of hydrogen-bond acceptors (Lipinski definition) is 2. The van der Waals surface area contributed by atoms with Crippen LogP contribution in [0, 0.1) is 0 Å². The van der Waals surface area contributed by atoms with Crippen molar-refractivity contribution in [3.63, 3.8) is 0 Å². The molecule has 15 heavy (non-hydrogen) atoms. The summed E-state index contributed by atoms with van der Waals surface area (Å²) in [6.45, 7) is 3.43. The third-order valence-electron chi connectivity index (χ3n) is 3.12. The molecule has 1 heterocycles. The summed E-state index contributed by atoms with van der Waals surface area (Å²) < 4.78 is 0. The van der Waals surface area contributed by atoms with Gasteiger partial charge in [0.2, 0.25) is 0 Å². The quantitative estimate of drug-likeness (QED) is 0.791. The van der Waals surface area contributed by atoms with Crippen molar-refractivity contribution in [1.82, 2.24) is 5.32 Å². The van der Waals surface area contributed by atoms with Crippen molar-refractivity contribution in [3.05, 3.63) is 30.3 Å². The van der Waals surface area contributed by atoms with Crippen molar-refractivity contribution >= 4 is 5.69 Å². The van der Waals surface area contributed by atoms with Crippen molar-refractivity contribution in [2.24, 2.45) is 0 Å². The highest BCUT2D eigenvalue weighted by Crippen LogP contribution is 2.14. The van der Waals surface area contributed by atoms with E-state index in [0.29, 0.717) is 12.1 Å². The van der Waals surface area contributed by atoms with Crippen LogP contribution in [0.3, 0.4) is 0 Å². The van der Waals surface area contributed by atoms with Gasteiger partial charge in [0.1, 0.15) is 0 Å². The minimum absolute atomic E-state index is 0.507. The molecule has 82 valence electrons. The van der Waals surface area contributed by atoms with Crippen molar-refractivity contribution in [3.8, 4) is 0 Å². The molecule has 0 saturated carbocycles. The molecule has 1 fully saturated rings. The van der Waals surface area contributed by atoms with E-state index in [1.807, 2.05) is 0 Å². The molecule has 1 aromatic rings. The fourth-order valence-electron chi connectivity index (χ4n) is 2.20. The first-order valence-corrected chi connectivity index (χ1v) is 5.91. The summed E-state index contributed by atoms with van der Waals surface area (Å²) >= 11 is 0. The molecule has 0 spiro atoms. The number of hydrogen-bond donors (Lipinski definition) is 2. The Labute approximate surface area is 92.1 Å². The summed E-state index contributed by atoms with van der Waals surface area (Å²) in [4.78, 5) is 0. The van der Waals surface area contributed by atoms with Crippen molar-refractivity contribution in [2.45, 2.75) is 38.3 Å². The van der Waals surface area contributed by atoms with Crippen LogP contribution in [0.1, 0.15) is 26.2 Å². The Morgan fingerprint density at radius 3 is 2.73 bits per heavy atom. The Balaban J connectivity index is 1.88. The molecule has 2 rings (SSSR count). The monoisotopic (exact) mass is 204 g/mol. The molecule has 1 aliphatic heterocycles. The van der Waals surface area contributed by atoms with Crippen LogP contribution >= 0.6 is 0 Å². The third kappa shape index (κ3) is 2.96. The molecular formula is C13H20N2. The van der Waals surface area contributed by atoms with Gasteiger partial charge in [0, 0.05) is 17.8 Å². The molecule has 0 aromatic heterocycles. The molecule has 0 bridgehead atoms. The smallest absolute Gasteiger partial charge is 0.0386 e. The molecule has 1 aromatic carbocycles. The molecule has 1 aliphatic rings. The molecule has 2 N–H and O–H groups in total. The van der Waals surface area contributed by atoms with Gasteiger partial charge in [-0.25, -0.2) is 0 Å². The Bertz CT molecular complexity index is 278. The lowest BCUT2D eigenvalue weighted by molar-refractivity contribution is 0.372. The van der Waals surface area contributed by atoms with E-state index in [0.717, 1.165) is 0 Å². The summed E-state index contributed by atoms with van der Waals surface area (Å²) in [6, 6.07) is 11.6. The molecule has 2 heteroatoms. The second-order valence-corrected chi connectivity index (χ2v) is 4.36. The lowest BCUT2D eigenvalue weighted by Crippen LogP contribution is -2.45. The largest absolute Gasteiger partial charge is 0.381 e. The van der Waals surface area contributed by atoms with E-state index in [9.17, 15) is 0 Å². The van der Waals surface area contributed by atoms with E-state index in [1.54, 1.807) is 0 Å². The predicted octanol–water partition coefficient (Wildman–Crippen LogP) is 2.63. The van der Waals surface area contributed by atoms with Crippen LogP contribution in [0.5, 0.6) is 0 Å². The van der Waals surface area contributed by atoms with E-state index in [1.165, 1.54) is 31.5 Å². The average Bonchev–Trinajstić information content (AvgIpc) is 2.31. The average molecular weight is 204 g/mol. The highest BCUT2D eigenvalue weighted by molar-refractivity contribution is 5.43. The van der Waals surface area contributed by atoms with Crippen LogP contribution in [-0.4, -0.2) is 18.6 Å². The van der Waals surface area contributed by atoms with Gasteiger partial charge in [0.25, 0.3) is 0 Å². The summed E-state index contributed by atoms with van der Waals surface area (Å²) in [7, 11) is 0. The van der Waals surface area contributed by atoms with E-state index in [4.69, 9.17) is 0 Å². The topological polar surface area (TPSA) is 24.1 Å². The van der Waals surface area contributed by atoms with Gasteiger partial charge in [-0.15, -0.1) is 0 Å². The summed E-state index contributed by atoms with van der Waals surface area (Å²) in [6.07, 6.45) is 3.98. The molecule has 0 radical (unpaired) electrons. The molecule has 0 aliphatic carbocycles. The number of anilines is 1. The lowest BCUT2D eigenvalue weighted by atomic mass is 9.99. The van der Waals surface area contributed by atoms with E-state index in [2.05, 4.69) is 47.9 Å². The van der Waals surface area contributed by atoms with Gasteiger partial charge in [0.15, 0.2) is 0 Å². The number of para-hydroxylation sites is 1. The lowest BCUT2D eigenvalue weighted by Gasteiger charge is -2.30. The summed E-state index contributed by atoms with van der Waals surface area (Å²) in [5, 5.41) is 7.13. The number of piperidine rings is 1. The standard InChI is InChI=1S/C13H20N2/c1-11(13-9-5-6-10-14-13)15-12-7-3-2-4-8-12/h2-4,7-8,11,13-15H,5-6,9-10H2,1H3. The molecular weight excluding hydrogens is 184 g/mol. The molecule has 0 amide bonds. The summed E-state index contributed by atoms with van der Waals surface area (Å²) in [5.41, 5.74) is 1.22. The normalized spacial score (nSPS) is 23.4. The van der Waals surface area contributed by atoms with Gasteiger partial charge in [0.05, 0.1) is 0 Å². The van der Waals surface area contributed by atoms with E-state index >= 15 is 0 Å². The molecule has 2 nitrogen and oxygen atoms in total. The highest BCUT2D eigenvalue weighted by atomic mass is 15.0. The first kappa shape index (κ1) is 10.5. The van der Waals surface area contributed by atoms with Gasteiger partial charge in [-0.05, 0) is 38.4 Å². The Morgan fingerprint density at radius 2 is 2.07 bits per heavy atom. The first-order valence-electron chi connectivity index (χ1n) is 5.91. The molecule has 2 atom stereocenters. The second kappa shape index (κ2) is 5.17. The van der Waals surface area contributed by atoms with Crippen LogP contribution in [0.15, 0.2) is 30.3 Å². The van der Waals surface area contributed by atoms with E-state index < -0.39 is 0 Å². The Hall–Kier alpha value is -1.02. The third-order valence-corrected chi connectivity index (χ3v) is 3.12. The zero-order chi connectivity index (χ0) is 10.5. The van der Waals surface area contributed by atoms with Crippen molar-refractivity contribution in [1.29, 1.82) is 0 Å². The minimum atomic E-state index is 0.507. The maximum Gasteiger partial charge on any atom is 0.0386 e. The molecule has 1 saturated heterocycles. The summed E-state index contributed by atoms with van der Waals surface area (Å²) in [5.74, 6) is 0. The predicted molar refractivity (Wildman–Crippen MR) is 65.2 cm³/mol. The number of rotatable bonds is 3. The minimum Gasteiger partial charge on any atom is -0.381 e. The second-order valence-electron chi connectivity index (χ2n) is 4.36. The van der Waals surface area contributed by atoms with Gasteiger partial charge >= 0.3 is 0 Å². The van der Waals surface area contributed by atoms with E-state index in [-0.39, 0.29) is 0 Å². The number of benzene rings is 1. The zero-order valence-electron chi connectivity index (χ0n) is 9.37. The fourth-order valence-corrected chi connectivity index (χ4v) is 2.20. The SMILES string of the molecule is CC(Nc1ccccc1)C1CCCCN1. The maximum atomic E-state index is 3.58. The van der Waals surface area contributed by atoms with Crippen molar-refractivity contribution < 1.29 is 0 Å². The van der Waals surface area contributed by atoms with Crippen molar-refractivity contribution in [2.75, 3.05) is 11.9 Å². The highest BCUT2D eigenvalue weighted by Gasteiger charge is 2.18. The molecule has 2 unspecified atom stereocenters. The van der Waals surface area contributed by atoms with Gasteiger partial charge < -0.3 is 10.6 Å². The van der Waals surface area contributed by atoms with Crippen LogP contribution in [-0.2, 0) is 0 Å². The van der Waals surface area contributed by atoms with Gasteiger partial charge in [-0.1, -0.05) is 24.6 Å². The van der Waals surface area contributed by atoms with Gasteiger partial charge in [-0.3, -0.25) is 0 Å². The Kier molecular flexibility index (Phi) is 3.62. The van der Waals surface area contributed by atoms with Crippen LogP contribution in [0.4, 0.5) is 5.69 Å².